The maximum absolute atomic E-state index is 12.5. The number of anilines is 1. The number of nitrogens with one attached hydrogen (secondary N) is 2. The minimum Gasteiger partial charge on any atom is -0.478 e. The largest absolute Gasteiger partial charge is 0.478 e. The average Bonchev–Trinajstić information content (AvgIpc) is 2.54. The van der Waals surface area contributed by atoms with Crippen molar-refractivity contribution in [2.45, 2.75) is 56.4 Å². The Balaban J connectivity index is 2.34. The van der Waals surface area contributed by atoms with Gasteiger partial charge in [-0.3, -0.25) is 0 Å². The number of benzene rings is 1. The molecule has 1 aromatic rings. The molecular formula is C16H24N2O4S. The van der Waals surface area contributed by atoms with Crippen LogP contribution in [0.25, 0.3) is 0 Å². The molecule has 0 spiro atoms. The van der Waals surface area contributed by atoms with Crippen molar-refractivity contribution in [2.24, 2.45) is 0 Å². The number of hydrogen-bond acceptors (Lipinski definition) is 4. The summed E-state index contributed by atoms with van der Waals surface area (Å²) in [4.78, 5) is 11.2. The molecule has 3 N–H and O–H groups in total. The van der Waals surface area contributed by atoms with Gasteiger partial charge in [-0.2, -0.15) is 0 Å². The number of aromatic carboxylic acids is 1. The van der Waals surface area contributed by atoms with E-state index in [-0.39, 0.29) is 16.5 Å². The molecule has 0 bridgehead atoms. The first-order valence-corrected chi connectivity index (χ1v) is 9.56. The van der Waals surface area contributed by atoms with Crippen LogP contribution in [0.15, 0.2) is 23.1 Å². The van der Waals surface area contributed by atoms with Gasteiger partial charge in [0.1, 0.15) is 4.90 Å². The Morgan fingerprint density at radius 2 is 1.96 bits per heavy atom. The molecule has 1 fully saturated rings. The molecule has 0 aliphatic heterocycles. The Kier molecular flexibility index (Phi) is 6.01. The highest BCUT2D eigenvalue weighted by molar-refractivity contribution is 7.89. The van der Waals surface area contributed by atoms with Crippen LogP contribution in [0, 0.1) is 0 Å². The number of hydrogen-bond donors (Lipinski definition) is 3. The molecule has 128 valence electrons. The highest BCUT2D eigenvalue weighted by atomic mass is 32.2. The third-order valence-corrected chi connectivity index (χ3v) is 5.53. The molecule has 1 aliphatic carbocycles. The fourth-order valence-electron chi connectivity index (χ4n) is 2.78. The van der Waals surface area contributed by atoms with Gasteiger partial charge in [0.2, 0.25) is 10.0 Å². The number of carboxylic acids is 1. The van der Waals surface area contributed by atoms with Gasteiger partial charge in [0, 0.05) is 12.6 Å². The van der Waals surface area contributed by atoms with Crippen molar-refractivity contribution in [3.63, 3.8) is 0 Å². The summed E-state index contributed by atoms with van der Waals surface area (Å²) in [7, 11) is -3.74. The van der Waals surface area contributed by atoms with E-state index >= 15 is 0 Å². The second-order valence-electron chi connectivity index (χ2n) is 5.89. The molecule has 0 atom stereocenters. The lowest BCUT2D eigenvalue weighted by Crippen LogP contribution is -2.28. The Labute approximate surface area is 137 Å². The molecule has 1 saturated carbocycles. The van der Waals surface area contributed by atoms with E-state index in [9.17, 15) is 13.2 Å². The monoisotopic (exact) mass is 340 g/mol. The minimum absolute atomic E-state index is 0.0106. The second-order valence-corrected chi connectivity index (χ2v) is 7.63. The molecule has 0 unspecified atom stereocenters. The van der Waals surface area contributed by atoms with Gasteiger partial charge in [-0.1, -0.05) is 26.2 Å². The third-order valence-electron chi connectivity index (χ3n) is 4.02. The van der Waals surface area contributed by atoms with Crippen LogP contribution >= 0.6 is 0 Å². The number of carbonyl (C=O) groups is 1. The van der Waals surface area contributed by atoms with Gasteiger partial charge in [-0.05, 0) is 37.5 Å². The summed E-state index contributed by atoms with van der Waals surface area (Å²) >= 11 is 0. The predicted molar refractivity (Wildman–Crippen MR) is 89.4 cm³/mol. The Hall–Kier alpha value is -1.60. The van der Waals surface area contributed by atoms with Crippen molar-refractivity contribution < 1.29 is 18.3 Å². The number of rotatable bonds is 7. The van der Waals surface area contributed by atoms with Gasteiger partial charge in [-0.15, -0.1) is 0 Å². The van der Waals surface area contributed by atoms with E-state index in [0.29, 0.717) is 18.7 Å². The fourth-order valence-corrected chi connectivity index (χ4v) is 4.10. The van der Waals surface area contributed by atoms with Crippen LogP contribution < -0.4 is 10.0 Å². The topological polar surface area (TPSA) is 95.5 Å². The lowest BCUT2D eigenvalue weighted by atomic mass is 9.95. The molecule has 6 nitrogen and oxygen atoms in total. The van der Waals surface area contributed by atoms with Crippen molar-refractivity contribution in [3.05, 3.63) is 23.8 Å². The van der Waals surface area contributed by atoms with Gasteiger partial charge in [0.15, 0.2) is 0 Å². The summed E-state index contributed by atoms with van der Waals surface area (Å²) in [6, 6.07) is 4.45. The van der Waals surface area contributed by atoms with Crippen molar-refractivity contribution in [3.8, 4) is 0 Å². The Bertz CT molecular complexity index is 652. The van der Waals surface area contributed by atoms with E-state index in [2.05, 4.69) is 10.0 Å². The number of sulfonamides is 1. The highest BCUT2D eigenvalue weighted by Gasteiger charge is 2.22. The van der Waals surface area contributed by atoms with E-state index in [1.807, 2.05) is 6.92 Å². The lowest BCUT2D eigenvalue weighted by molar-refractivity contribution is 0.0696. The molecule has 0 radical (unpaired) electrons. The molecule has 1 aliphatic rings. The molecule has 2 rings (SSSR count). The molecule has 0 saturated heterocycles. The van der Waals surface area contributed by atoms with E-state index in [1.165, 1.54) is 18.6 Å². The molecular weight excluding hydrogens is 316 g/mol. The zero-order chi connectivity index (χ0) is 16.9. The van der Waals surface area contributed by atoms with Crippen molar-refractivity contribution in [2.75, 3.05) is 11.9 Å². The van der Waals surface area contributed by atoms with E-state index in [4.69, 9.17) is 5.11 Å². The normalized spacial score (nSPS) is 16.2. The third kappa shape index (κ3) is 4.68. The van der Waals surface area contributed by atoms with Crippen LogP contribution in [0.5, 0.6) is 0 Å². The van der Waals surface area contributed by atoms with Crippen LogP contribution in [0.2, 0.25) is 0 Å². The molecule has 0 aromatic heterocycles. The van der Waals surface area contributed by atoms with Gasteiger partial charge < -0.3 is 10.4 Å². The summed E-state index contributed by atoms with van der Waals surface area (Å²) < 4.78 is 27.5. The van der Waals surface area contributed by atoms with Crippen molar-refractivity contribution in [1.29, 1.82) is 0 Å². The maximum Gasteiger partial charge on any atom is 0.335 e. The van der Waals surface area contributed by atoms with E-state index in [0.717, 1.165) is 25.7 Å². The molecule has 7 heteroatoms. The van der Waals surface area contributed by atoms with E-state index in [1.54, 1.807) is 6.07 Å². The summed E-state index contributed by atoms with van der Waals surface area (Å²) in [6.45, 7) is 2.19. The summed E-state index contributed by atoms with van der Waals surface area (Å²) in [5.74, 6) is -1.14. The Morgan fingerprint density at radius 3 is 2.57 bits per heavy atom. The predicted octanol–water partition coefficient (Wildman–Crippen LogP) is 2.82. The second kappa shape index (κ2) is 7.79. The Morgan fingerprint density at radius 1 is 1.26 bits per heavy atom. The van der Waals surface area contributed by atoms with Crippen molar-refractivity contribution >= 4 is 21.7 Å². The lowest BCUT2D eigenvalue weighted by Gasteiger charge is -2.25. The quantitative estimate of drug-likeness (QED) is 0.709. The van der Waals surface area contributed by atoms with Crippen LogP contribution in [-0.2, 0) is 10.0 Å². The maximum atomic E-state index is 12.5. The molecule has 23 heavy (non-hydrogen) atoms. The summed E-state index contributed by atoms with van der Waals surface area (Å²) in [6.07, 6.45) is 6.13. The zero-order valence-corrected chi connectivity index (χ0v) is 14.2. The highest BCUT2D eigenvalue weighted by Crippen LogP contribution is 2.27. The minimum atomic E-state index is -3.74. The van der Waals surface area contributed by atoms with Crippen LogP contribution in [-0.4, -0.2) is 32.1 Å². The number of carboxylic acid groups (broad SMARTS) is 1. The van der Waals surface area contributed by atoms with Gasteiger partial charge in [0.25, 0.3) is 0 Å². The smallest absolute Gasteiger partial charge is 0.335 e. The van der Waals surface area contributed by atoms with Crippen molar-refractivity contribution in [1.82, 2.24) is 4.72 Å². The van der Waals surface area contributed by atoms with Crippen LogP contribution in [0.1, 0.15) is 55.8 Å². The summed E-state index contributed by atoms with van der Waals surface area (Å²) in [5, 5.41) is 12.4. The molecule has 0 amide bonds. The van der Waals surface area contributed by atoms with Crippen LogP contribution in [0.3, 0.4) is 0 Å². The van der Waals surface area contributed by atoms with Gasteiger partial charge in [-0.25, -0.2) is 17.9 Å². The zero-order valence-electron chi connectivity index (χ0n) is 13.3. The van der Waals surface area contributed by atoms with Crippen LogP contribution in [0.4, 0.5) is 5.69 Å². The molecule has 0 heterocycles. The molecule has 1 aromatic carbocycles. The average molecular weight is 340 g/mol. The first-order chi connectivity index (χ1) is 10.9. The SMILES string of the molecule is CCCNS(=O)(=O)c1cc(C(=O)O)ccc1NC1CCCCC1. The first-order valence-electron chi connectivity index (χ1n) is 8.07. The fraction of sp³-hybridized carbons (Fsp3) is 0.562. The van der Waals surface area contributed by atoms with Gasteiger partial charge in [0.05, 0.1) is 11.3 Å². The van der Waals surface area contributed by atoms with E-state index < -0.39 is 16.0 Å². The standard InChI is InChI=1S/C16H24N2O4S/c1-2-10-17-23(21,22)15-11-12(16(19)20)8-9-14(15)18-13-6-4-3-5-7-13/h8-9,11,13,17-18H,2-7,10H2,1H3,(H,19,20). The van der Waals surface area contributed by atoms with Gasteiger partial charge >= 0.3 is 5.97 Å². The summed E-state index contributed by atoms with van der Waals surface area (Å²) in [5.41, 5.74) is 0.446. The first kappa shape index (κ1) is 17.7.